The number of rotatable bonds is 5. The summed E-state index contributed by atoms with van der Waals surface area (Å²) in [6, 6.07) is 17.2. The Labute approximate surface area is 200 Å². The lowest BCUT2D eigenvalue weighted by Gasteiger charge is -2.18. The van der Waals surface area contributed by atoms with Crippen LogP contribution in [0.2, 0.25) is 5.15 Å². The van der Waals surface area contributed by atoms with Gasteiger partial charge in [-0.25, -0.2) is 9.78 Å². The van der Waals surface area contributed by atoms with Gasteiger partial charge in [0.15, 0.2) is 11.3 Å². The molecule has 7 nitrogen and oxygen atoms in total. The highest BCUT2D eigenvalue weighted by Gasteiger charge is 2.22. The van der Waals surface area contributed by atoms with Crippen LogP contribution in [0.1, 0.15) is 34.6 Å². The van der Waals surface area contributed by atoms with E-state index in [2.05, 4.69) is 26.6 Å². The Morgan fingerprint density at radius 3 is 2.68 bits per heavy atom. The lowest BCUT2D eigenvalue weighted by Crippen LogP contribution is -2.13. The quantitative estimate of drug-likeness (QED) is 0.235. The SMILES string of the molecule is COC(=O)c1nc(Cl)ccc1NC(C)c1cc(C)cc2c1oc1c(-c3ccccc3)cnnc12. The van der Waals surface area contributed by atoms with Crippen LogP contribution in [0, 0.1) is 6.92 Å². The number of aromatic nitrogens is 3. The van der Waals surface area contributed by atoms with Gasteiger partial charge in [-0.15, -0.1) is 5.10 Å². The molecular formula is C26H21ClN4O3. The maximum absolute atomic E-state index is 12.2. The van der Waals surface area contributed by atoms with Gasteiger partial charge in [0.05, 0.1) is 25.0 Å². The first-order valence-corrected chi connectivity index (χ1v) is 11.1. The number of furan rings is 1. The van der Waals surface area contributed by atoms with Gasteiger partial charge in [0.25, 0.3) is 0 Å². The van der Waals surface area contributed by atoms with Crippen molar-refractivity contribution in [3.05, 3.63) is 82.8 Å². The number of aryl methyl sites for hydroxylation is 1. The van der Waals surface area contributed by atoms with Gasteiger partial charge >= 0.3 is 5.97 Å². The average molecular weight is 473 g/mol. The zero-order chi connectivity index (χ0) is 23.8. The monoisotopic (exact) mass is 472 g/mol. The van der Waals surface area contributed by atoms with E-state index in [1.807, 2.05) is 50.2 Å². The Kier molecular flexibility index (Phi) is 5.63. The van der Waals surface area contributed by atoms with Gasteiger partial charge in [-0.1, -0.05) is 48.0 Å². The first-order chi connectivity index (χ1) is 16.5. The predicted molar refractivity (Wildman–Crippen MR) is 132 cm³/mol. The highest BCUT2D eigenvalue weighted by Crippen LogP contribution is 2.38. The minimum absolute atomic E-state index is 0.118. The van der Waals surface area contributed by atoms with Gasteiger partial charge in [0.2, 0.25) is 0 Å². The lowest BCUT2D eigenvalue weighted by molar-refractivity contribution is 0.0595. The fourth-order valence-corrected chi connectivity index (χ4v) is 4.26. The first kappa shape index (κ1) is 21.9. The number of fused-ring (bicyclic) bond motifs is 3. The number of halogens is 1. The van der Waals surface area contributed by atoms with Crippen molar-refractivity contribution in [2.75, 3.05) is 12.4 Å². The van der Waals surface area contributed by atoms with Crippen LogP contribution in [0.3, 0.4) is 0 Å². The van der Waals surface area contributed by atoms with Gasteiger partial charge < -0.3 is 14.5 Å². The zero-order valence-corrected chi connectivity index (χ0v) is 19.6. The zero-order valence-electron chi connectivity index (χ0n) is 18.8. The van der Waals surface area contributed by atoms with E-state index >= 15 is 0 Å². The largest absolute Gasteiger partial charge is 0.464 e. The molecule has 2 aromatic carbocycles. The summed E-state index contributed by atoms with van der Waals surface area (Å²) in [5.74, 6) is -0.571. The molecule has 0 radical (unpaired) electrons. The van der Waals surface area contributed by atoms with Crippen molar-refractivity contribution >= 4 is 45.3 Å². The Morgan fingerprint density at radius 1 is 1.12 bits per heavy atom. The molecule has 0 aliphatic rings. The van der Waals surface area contributed by atoms with Crippen molar-refractivity contribution in [3.8, 4) is 11.1 Å². The number of methoxy groups -OCH3 is 1. The standard InChI is InChI=1S/C26H21ClN4O3/c1-14-11-17(15(2)29-20-9-10-21(27)30-23(20)26(32)33-3)24-18(12-14)22-25(34-24)19(13-28-31-22)16-7-5-4-6-8-16/h4-13,15,29H,1-3H3. The Bertz CT molecular complexity index is 1530. The fraction of sp³-hybridized carbons (Fsp3) is 0.154. The molecule has 0 aliphatic carbocycles. The summed E-state index contributed by atoms with van der Waals surface area (Å²) in [6.07, 6.45) is 1.72. The molecular weight excluding hydrogens is 452 g/mol. The van der Waals surface area contributed by atoms with Crippen LogP contribution in [0.15, 0.2) is 65.2 Å². The van der Waals surface area contributed by atoms with Crippen molar-refractivity contribution < 1.29 is 13.9 Å². The molecule has 5 aromatic rings. The van der Waals surface area contributed by atoms with E-state index in [9.17, 15) is 4.79 Å². The number of ether oxygens (including phenoxy) is 1. The molecule has 0 aliphatic heterocycles. The minimum Gasteiger partial charge on any atom is -0.464 e. The molecule has 0 fully saturated rings. The van der Waals surface area contributed by atoms with E-state index in [0.29, 0.717) is 22.4 Å². The number of pyridine rings is 1. The number of carbonyl (C=O) groups is 1. The minimum atomic E-state index is -0.571. The van der Waals surface area contributed by atoms with Gasteiger partial charge in [0.1, 0.15) is 16.3 Å². The van der Waals surface area contributed by atoms with Crippen molar-refractivity contribution in [2.24, 2.45) is 0 Å². The van der Waals surface area contributed by atoms with E-state index < -0.39 is 5.97 Å². The smallest absolute Gasteiger partial charge is 0.358 e. The second-order valence-corrected chi connectivity index (χ2v) is 8.41. The second kappa shape index (κ2) is 8.76. The molecule has 5 rings (SSSR count). The summed E-state index contributed by atoms with van der Waals surface area (Å²) in [5.41, 5.74) is 6.56. The Hall–Kier alpha value is -3.97. The van der Waals surface area contributed by atoms with Crippen LogP contribution >= 0.6 is 11.6 Å². The van der Waals surface area contributed by atoms with Gasteiger partial charge in [0, 0.05) is 16.5 Å². The molecule has 0 saturated heterocycles. The van der Waals surface area contributed by atoms with Crippen LogP contribution in [0.5, 0.6) is 0 Å². The number of nitrogens with one attached hydrogen (secondary N) is 1. The summed E-state index contributed by atoms with van der Waals surface area (Å²) < 4.78 is 11.3. The molecule has 1 unspecified atom stereocenters. The van der Waals surface area contributed by atoms with Crippen molar-refractivity contribution in [2.45, 2.75) is 19.9 Å². The summed E-state index contributed by atoms with van der Waals surface area (Å²) in [6.45, 7) is 4.01. The highest BCUT2D eigenvalue weighted by atomic mass is 35.5. The van der Waals surface area contributed by atoms with Crippen LogP contribution in [0.25, 0.3) is 33.2 Å². The summed E-state index contributed by atoms with van der Waals surface area (Å²) in [7, 11) is 1.31. The van der Waals surface area contributed by atoms with Crippen LogP contribution in [-0.4, -0.2) is 28.3 Å². The molecule has 3 aromatic heterocycles. The first-order valence-electron chi connectivity index (χ1n) is 10.7. The number of benzene rings is 2. The molecule has 0 spiro atoms. The maximum Gasteiger partial charge on any atom is 0.358 e. The third kappa shape index (κ3) is 3.84. The molecule has 170 valence electrons. The molecule has 0 saturated carbocycles. The van der Waals surface area contributed by atoms with Gasteiger partial charge in [-0.2, -0.15) is 5.10 Å². The summed E-state index contributed by atoms with van der Waals surface area (Å²) >= 11 is 6.01. The highest BCUT2D eigenvalue weighted by molar-refractivity contribution is 6.29. The third-order valence-electron chi connectivity index (χ3n) is 5.69. The van der Waals surface area contributed by atoms with E-state index in [1.54, 1.807) is 18.3 Å². The van der Waals surface area contributed by atoms with Gasteiger partial charge in [-0.3, -0.25) is 0 Å². The Balaban J connectivity index is 1.64. The topological polar surface area (TPSA) is 90.1 Å². The van der Waals surface area contributed by atoms with E-state index in [0.717, 1.165) is 27.6 Å². The normalized spacial score (nSPS) is 12.1. The number of esters is 1. The number of nitrogens with zero attached hydrogens (tertiary/aromatic N) is 3. The summed E-state index contributed by atoms with van der Waals surface area (Å²) in [4.78, 5) is 16.4. The maximum atomic E-state index is 12.2. The molecule has 0 bridgehead atoms. The molecule has 3 heterocycles. The van der Waals surface area contributed by atoms with Crippen LogP contribution < -0.4 is 5.32 Å². The molecule has 1 atom stereocenters. The van der Waals surface area contributed by atoms with E-state index in [-0.39, 0.29) is 16.9 Å². The summed E-state index contributed by atoms with van der Waals surface area (Å²) in [5, 5.41) is 13.1. The van der Waals surface area contributed by atoms with Crippen molar-refractivity contribution in [1.82, 2.24) is 15.2 Å². The molecule has 0 amide bonds. The number of hydrogen-bond donors (Lipinski definition) is 1. The molecule has 8 heteroatoms. The van der Waals surface area contributed by atoms with E-state index in [1.165, 1.54) is 7.11 Å². The van der Waals surface area contributed by atoms with Gasteiger partial charge in [-0.05, 0) is 43.2 Å². The fourth-order valence-electron chi connectivity index (χ4n) is 4.11. The number of carbonyl (C=O) groups excluding carboxylic acids is 1. The second-order valence-electron chi connectivity index (χ2n) is 8.02. The number of hydrogen-bond acceptors (Lipinski definition) is 7. The van der Waals surface area contributed by atoms with Crippen LogP contribution in [-0.2, 0) is 4.74 Å². The molecule has 34 heavy (non-hydrogen) atoms. The number of anilines is 1. The lowest BCUT2D eigenvalue weighted by atomic mass is 10.0. The average Bonchev–Trinajstić information content (AvgIpc) is 3.23. The van der Waals surface area contributed by atoms with Crippen molar-refractivity contribution in [1.29, 1.82) is 0 Å². The van der Waals surface area contributed by atoms with E-state index in [4.69, 9.17) is 20.8 Å². The predicted octanol–water partition coefficient (Wildman–Crippen LogP) is 6.36. The Morgan fingerprint density at radius 2 is 1.91 bits per heavy atom. The molecule has 1 N–H and O–H groups in total. The van der Waals surface area contributed by atoms with Crippen molar-refractivity contribution in [3.63, 3.8) is 0 Å². The van der Waals surface area contributed by atoms with Crippen LogP contribution in [0.4, 0.5) is 5.69 Å². The third-order valence-corrected chi connectivity index (χ3v) is 5.90.